The molecule has 0 saturated heterocycles. The summed E-state index contributed by atoms with van der Waals surface area (Å²) in [7, 11) is -2.39. The Balaban J connectivity index is 2.03. The fourth-order valence-electron chi connectivity index (χ4n) is 2.63. The van der Waals surface area contributed by atoms with E-state index in [0.29, 0.717) is 15.6 Å². The van der Waals surface area contributed by atoms with Gasteiger partial charge in [-0.3, -0.25) is 0 Å². The van der Waals surface area contributed by atoms with Gasteiger partial charge >= 0.3 is 0 Å². The highest BCUT2D eigenvalue weighted by Crippen LogP contribution is 2.33. The molecule has 0 fully saturated rings. The summed E-state index contributed by atoms with van der Waals surface area (Å²) in [4.78, 5) is 0.0918. The number of halogens is 1. The molecule has 2 aromatic carbocycles. The standard InChI is InChI=1S/C18H15BrN4O4S/c1-27-15-10-13(19)9-12(17(15)24)11-21-23(8-4-7-20)18-14-5-2-3-6-16(14)28(25,26)22-18/h2-3,5-6,9-11,24H,4,8H2,1H3/b21-11+. The van der Waals surface area contributed by atoms with E-state index >= 15 is 0 Å². The lowest BCUT2D eigenvalue weighted by Gasteiger charge is -2.17. The number of nitrogens with zero attached hydrogens (tertiary/aromatic N) is 4. The Morgan fingerprint density at radius 3 is 2.86 bits per heavy atom. The molecule has 1 heterocycles. The molecule has 8 nitrogen and oxygen atoms in total. The van der Waals surface area contributed by atoms with Crippen molar-refractivity contribution in [1.82, 2.24) is 5.01 Å². The van der Waals surface area contributed by atoms with E-state index in [1.807, 2.05) is 6.07 Å². The van der Waals surface area contributed by atoms with Gasteiger partial charge in [0.05, 0.1) is 32.4 Å². The van der Waals surface area contributed by atoms with Crippen LogP contribution in [0.4, 0.5) is 0 Å². The number of nitriles is 1. The van der Waals surface area contributed by atoms with Crippen LogP contribution in [0.2, 0.25) is 0 Å². The summed E-state index contributed by atoms with van der Waals surface area (Å²) in [5.41, 5.74) is 0.761. The molecule has 144 valence electrons. The normalized spacial score (nSPS) is 14.4. The fraction of sp³-hybridized carbons (Fsp3) is 0.167. The molecule has 10 heteroatoms. The van der Waals surface area contributed by atoms with Gasteiger partial charge in [0.2, 0.25) is 0 Å². The minimum absolute atomic E-state index is 0.0918. The lowest BCUT2D eigenvalue weighted by atomic mass is 10.2. The average Bonchev–Trinajstić information content (AvgIpc) is 2.95. The van der Waals surface area contributed by atoms with Gasteiger partial charge in [0.15, 0.2) is 17.3 Å². The fourth-order valence-corrected chi connectivity index (χ4v) is 4.29. The zero-order valence-corrected chi connectivity index (χ0v) is 17.1. The number of sulfonamides is 1. The third kappa shape index (κ3) is 3.85. The SMILES string of the molecule is COc1cc(Br)cc(/C=N/N(CCC#N)C2=NS(=O)(=O)c3ccccc32)c1O. The van der Waals surface area contributed by atoms with Gasteiger partial charge in [0.25, 0.3) is 10.0 Å². The van der Waals surface area contributed by atoms with Crippen LogP contribution in [0.5, 0.6) is 11.5 Å². The van der Waals surface area contributed by atoms with E-state index in [1.165, 1.54) is 24.4 Å². The van der Waals surface area contributed by atoms with Crippen molar-refractivity contribution in [3.05, 3.63) is 52.0 Å². The van der Waals surface area contributed by atoms with Crippen LogP contribution in [0.25, 0.3) is 0 Å². The maximum absolute atomic E-state index is 12.3. The molecule has 0 spiro atoms. The molecule has 0 bridgehead atoms. The molecule has 0 aromatic heterocycles. The Hall–Kier alpha value is -2.90. The maximum atomic E-state index is 12.3. The summed E-state index contributed by atoms with van der Waals surface area (Å²) in [5.74, 6) is 0.269. The van der Waals surface area contributed by atoms with Crippen LogP contribution in [0.3, 0.4) is 0 Å². The first kappa shape index (κ1) is 19.9. The van der Waals surface area contributed by atoms with Crippen LogP contribution < -0.4 is 4.74 Å². The summed E-state index contributed by atoms with van der Waals surface area (Å²) in [5, 5.41) is 24.8. The van der Waals surface area contributed by atoms with E-state index in [2.05, 4.69) is 25.4 Å². The van der Waals surface area contributed by atoms with Crippen molar-refractivity contribution >= 4 is 38.0 Å². The molecule has 0 aliphatic carbocycles. The topological polar surface area (TPSA) is 115 Å². The molecule has 0 amide bonds. The predicted octanol–water partition coefficient (Wildman–Crippen LogP) is 2.86. The summed E-state index contributed by atoms with van der Waals surface area (Å²) in [6.07, 6.45) is 1.46. The van der Waals surface area contributed by atoms with Crippen molar-refractivity contribution < 1.29 is 18.3 Å². The van der Waals surface area contributed by atoms with E-state index in [0.717, 1.165) is 0 Å². The van der Waals surface area contributed by atoms with Gasteiger partial charge < -0.3 is 9.84 Å². The smallest absolute Gasteiger partial charge is 0.285 e. The molecule has 1 N–H and O–H groups in total. The first-order chi connectivity index (χ1) is 13.4. The number of phenols is 1. The molecular formula is C18H15BrN4O4S. The quantitative estimate of drug-likeness (QED) is 0.539. The number of hydrogen-bond donors (Lipinski definition) is 1. The van der Waals surface area contributed by atoms with Crippen LogP contribution in [0, 0.1) is 11.3 Å². The number of benzene rings is 2. The second-order valence-electron chi connectivity index (χ2n) is 5.71. The molecule has 0 radical (unpaired) electrons. The zero-order valence-electron chi connectivity index (χ0n) is 14.7. The zero-order chi connectivity index (χ0) is 20.3. The van der Waals surface area contributed by atoms with Crippen LogP contribution in [0.15, 0.2) is 55.3 Å². The van der Waals surface area contributed by atoms with Gasteiger partial charge in [-0.2, -0.15) is 18.8 Å². The van der Waals surface area contributed by atoms with E-state index < -0.39 is 10.0 Å². The lowest BCUT2D eigenvalue weighted by molar-refractivity contribution is 0.372. The molecule has 2 aromatic rings. The minimum Gasteiger partial charge on any atom is -0.504 e. The number of aromatic hydroxyl groups is 1. The molecule has 0 atom stereocenters. The van der Waals surface area contributed by atoms with Gasteiger partial charge in [-0.05, 0) is 24.3 Å². The number of rotatable bonds is 5. The molecular weight excluding hydrogens is 448 g/mol. The van der Waals surface area contributed by atoms with Crippen molar-refractivity contribution in [2.45, 2.75) is 11.3 Å². The van der Waals surface area contributed by atoms with E-state index in [4.69, 9.17) is 10.00 Å². The molecule has 0 unspecified atom stereocenters. The highest BCUT2D eigenvalue weighted by Gasteiger charge is 2.31. The Labute approximate surface area is 170 Å². The van der Waals surface area contributed by atoms with Gasteiger partial charge in [-0.15, -0.1) is 4.40 Å². The van der Waals surface area contributed by atoms with Gasteiger partial charge in [0, 0.05) is 15.6 Å². The first-order valence-corrected chi connectivity index (χ1v) is 10.3. The summed E-state index contributed by atoms with van der Waals surface area (Å²) in [6.45, 7) is 0.127. The van der Waals surface area contributed by atoms with E-state index in [1.54, 1.807) is 30.3 Å². The molecule has 0 saturated carbocycles. The minimum atomic E-state index is -3.82. The molecule has 1 aliphatic heterocycles. The van der Waals surface area contributed by atoms with Gasteiger partial charge in [-0.25, -0.2) is 5.01 Å². The monoisotopic (exact) mass is 462 g/mol. The van der Waals surface area contributed by atoms with Crippen molar-refractivity contribution in [1.29, 1.82) is 5.26 Å². The Kier molecular flexibility index (Phi) is 5.67. The summed E-state index contributed by atoms with van der Waals surface area (Å²) in [6, 6.07) is 11.7. The lowest BCUT2D eigenvalue weighted by Crippen LogP contribution is -2.27. The maximum Gasteiger partial charge on any atom is 0.285 e. The second-order valence-corrected chi connectivity index (χ2v) is 8.20. The molecule has 1 aliphatic rings. The van der Waals surface area contributed by atoms with Crippen molar-refractivity contribution in [3.8, 4) is 17.6 Å². The van der Waals surface area contributed by atoms with Gasteiger partial charge in [-0.1, -0.05) is 28.1 Å². The van der Waals surface area contributed by atoms with E-state index in [-0.39, 0.29) is 35.2 Å². The number of fused-ring (bicyclic) bond motifs is 1. The number of amidine groups is 1. The number of methoxy groups -OCH3 is 1. The number of hydrazone groups is 1. The Bertz CT molecular complexity index is 1120. The number of hydrogen-bond acceptors (Lipinski definition) is 7. The first-order valence-electron chi connectivity index (χ1n) is 8.06. The summed E-state index contributed by atoms with van der Waals surface area (Å²) >= 11 is 3.33. The van der Waals surface area contributed by atoms with Crippen LogP contribution >= 0.6 is 15.9 Å². The van der Waals surface area contributed by atoms with Crippen LogP contribution in [-0.4, -0.2) is 44.2 Å². The van der Waals surface area contributed by atoms with Crippen molar-refractivity contribution in [3.63, 3.8) is 0 Å². The average molecular weight is 463 g/mol. The third-order valence-corrected chi connectivity index (χ3v) is 5.70. The van der Waals surface area contributed by atoms with Crippen molar-refractivity contribution in [2.24, 2.45) is 9.50 Å². The highest BCUT2D eigenvalue weighted by molar-refractivity contribution is 9.10. The van der Waals surface area contributed by atoms with Crippen LogP contribution in [-0.2, 0) is 10.0 Å². The second kappa shape index (κ2) is 8.00. The number of phenolic OH excluding ortho intramolecular Hbond substituents is 1. The number of ether oxygens (including phenoxy) is 1. The third-order valence-electron chi connectivity index (χ3n) is 3.92. The Morgan fingerprint density at radius 1 is 1.39 bits per heavy atom. The molecule has 3 rings (SSSR count). The highest BCUT2D eigenvalue weighted by atomic mass is 79.9. The predicted molar refractivity (Wildman–Crippen MR) is 107 cm³/mol. The van der Waals surface area contributed by atoms with Gasteiger partial charge in [0.1, 0.15) is 4.90 Å². The Morgan fingerprint density at radius 2 is 2.14 bits per heavy atom. The van der Waals surface area contributed by atoms with E-state index in [9.17, 15) is 13.5 Å². The van der Waals surface area contributed by atoms with Crippen molar-refractivity contribution in [2.75, 3.05) is 13.7 Å². The summed E-state index contributed by atoms with van der Waals surface area (Å²) < 4.78 is 34.2. The van der Waals surface area contributed by atoms with Crippen LogP contribution in [0.1, 0.15) is 17.5 Å². The molecule has 28 heavy (non-hydrogen) atoms. The largest absolute Gasteiger partial charge is 0.504 e.